The quantitative estimate of drug-likeness (QED) is 0.814. The molecule has 1 N–H and O–H groups in total. The summed E-state index contributed by atoms with van der Waals surface area (Å²) in [4.78, 5) is 0. The van der Waals surface area contributed by atoms with E-state index >= 15 is 0 Å². The Hall–Kier alpha value is -0.860. The van der Waals surface area contributed by atoms with Gasteiger partial charge >= 0.3 is 0 Å². The molecule has 0 saturated carbocycles. The second-order valence-electron chi connectivity index (χ2n) is 4.57. The molecule has 15 heavy (non-hydrogen) atoms. The first kappa shape index (κ1) is 10.7. The second kappa shape index (κ2) is 4.77. The van der Waals surface area contributed by atoms with Crippen molar-refractivity contribution in [1.82, 2.24) is 5.32 Å². The molecule has 1 aromatic rings. The lowest BCUT2D eigenvalue weighted by molar-refractivity contribution is 0.0717. The number of benzene rings is 1. The lowest BCUT2D eigenvalue weighted by Gasteiger charge is -2.23. The molecule has 82 valence electrons. The predicted molar refractivity (Wildman–Crippen MR) is 61.7 cm³/mol. The SMILES string of the molecule is C[C@@]1(COCc2ccccc2)CCCN1. The highest BCUT2D eigenvalue weighted by atomic mass is 16.5. The first-order valence-electron chi connectivity index (χ1n) is 5.65. The van der Waals surface area contributed by atoms with Gasteiger partial charge in [-0.2, -0.15) is 0 Å². The summed E-state index contributed by atoms with van der Waals surface area (Å²) < 4.78 is 5.74. The minimum Gasteiger partial charge on any atom is -0.375 e. The number of rotatable bonds is 4. The first-order valence-corrected chi connectivity index (χ1v) is 5.65. The molecule has 0 amide bonds. The summed E-state index contributed by atoms with van der Waals surface area (Å²) in [5.74, 6) is 0. The lowest BCUT2D eigenvalue weighted by Crippen LogP contribution is -2.40. The van der Waals surface area contributed by atoms with Crippen LogP contribution in [0.3, 0.4) is 0 Å². The normalized spacial score (nSPS) is 25.7. The van der Waals surface area contributed by atoms with Crippen LogP contribution in [0.1, 0.15) is 25.3 Å². The van der Waals surface area contributed by atoms with Crippen molar-refractivity contribution in [3.63, 3.8) is 0 Å². The highest BCUT2D eigenvalue weighted by molar-refractivity contribution is 5.13. The summed E-state index contributed by atoms with van der Waals surface area (Å²) in [6, 6.07) is 10.3. The second-order valence-corrected chi connectivity index (χ2v) is 4.57. The van der Waals surface area contributed by atoms with Crippen LogP contribution in [0, 0.1) is 0 Å². The molecule has 0 radical (unpaired) electrons. The van der Waals surface area contributed by atoms with Crippen LogP contribution in [-0.2, 0) is 11.3 Å². The molecule has 2 rings (SSSR count). The Balaban J connectivity index is 1.75. The van der Waals surface area contributed by atoms with E-state index in [2.05, 4.69) is 24.4 Å². The van der Waals surface area contributed by atoms with Gasteiger partial charge in [0.1, 0.15) is 0 Å². The van der Waals surface area contributed by atoms with Gasteiger partial charge in [-0.15, -0.1) is 0 Å². The van der Waals surface area contributed by atoms with Crippen molar-refractivity contribution >= 4 is 0 Å². The van der Waals surface area contributed by atoms with E-state index in [-0.39, 0.29) is 5.54 Å². The molecular weight excluding hydrogens is 186 g/mol. The molecule has 0 aliphatic carbocycles. The van der Waals surface area contributed by atoms with Gasteiger partial charge in [0.15, 0.2) is 0 Å². The lowest BCUT2D eigenvalue weighted by atomic mass is 10.0. The average molecular weight is 205 g/mol. The molecule has 1 atom stereocenters. The van der Waals surface area contributed by atoms with Crippen LogP contribution >= 0.6 is 0 Å². The highest BCUT2D eigenvalue weighted by Gasteiger charge is 2.27. The summed E-state index contributed by atoms with van der Waals surface area (Å²) in [5, 5.41) is 3.49. The van der Waals surface area contributed by atoms with Gasteiger partial charge < -0.3 is 10.1 Å². The van der Waals surface area contributed by atoms with Crippen molar-refractivity contribution in [2.24, 2.45) is 0 Å². The Kier molecular flexibility index (Phi) is 3.39. The maximum atomic E-state index is 5.74. The number of nitrogens with one attached hydrogen (secondary N) is 1. The Bertz CT molecular complexity index is 291. The third-order valence-electron chi connectivity index (χ3n) is 2.99. The molecule has 0 spiro atoms. The van der Waals surface area contributed by atoms with E-state index in [1.807, 2.05) is 18.2 Å². The molecule has 1 fully saturated rings. The molecule has 1 saturated heterocycles. The average Bonchev–Trinajstić information content (AvgIpc) is 2.67. The van der Waals surface area contributed by atoms with Gasteiger partial charge in [-0.3, -0.25) is 0 Å². The van der Waals surface area contributed by atoms with Gasteiger partial charge in [0.05, 0.1) is 13.2 Å². The van der Waals surface area contributed by atoms with Crippen LogP contribution in [0.25, 0.3) is 0 Å². The highest BCUT2D eigenvalue weighted by Crippen LogP contribution is 2.19. The van der Waals surface area contributed by atoms with Crippen LogP contribution in [0.5, 0.6) is 0 Å². The summed E-state index contributed by atoms with van der Waals surface area (Å²) in [7, 11) is 0. The van der Waals surface area contributed by atoms with Gasteiger partial charge in [0, 0.05) is 5.54 Å². The fourth-order valence-electron chi connectivity index (χ4n) is 2.05. The van der Waals surface area contributed by atoms with Gasteiger partial charge in [-0.1, -0.05) is 30.3 Å². The molecule has 2 nitrogen and oxygen atoms in total. The zero-order chi connectivity index (χ0) is 10.6. The van der Waals surface area contributed by atoms with Crippen molar-refractivity contribution in [2.45, 2.75) is 31.9 Å². The van der Waals surface area contributed by atoms with Crippen LogP contribution in [0.2, 0.25) is 0 Å². The van der Waals surface area contributed by atoms with Crippen LogP contribution in [-0.4, -0.2) is 18.7 Å². The Morgan fingerprint density at radius 2 is 2.13 bits per heavy atom. The number of ether oxygens (including phenoxy) is 1. The molecule has 0 unspecified atom stereocenters. The summed E-state index contributed by atoms with van der Waals surface area (Å²) in [6.07, 6.45) is 2.49. The van der Waals surface area contributed by atoms with Crippen molar-refractivity contribution < 1.29 is 4.74 Å². The summed E-state index contributed by atoms with van der Waals surface area (Å²) in [5.41, 5.74) is 1.45. The minimum absolute atomic E-state index is 0.203. The van der Waals surface area contributed by atoms with Crippen molar-refractivity contribution in [3.8, 4) is 0 Å². The van der Waals surface area contributed by atoms with Crippen molar-refractivity contribution in [3.05, 3.63) is 35.9 Å². The molecule has 1 heterocycles. The fourth-order valence-corrected chi connectivity index (χ4v) is 2.05. The zero-order valence-electron chi connectivity index (χ0n) is 9.33. The van der Waals surface area contributed by atoms with E-state index in [4.69, 9.17) is 4.74 Å². The maximum absolute atomic E-state index is 5.74. The van der Waals surface area contributed by atoms with Gasteiger partial charge in [-0.05, 0) is 31.9 Å². The standard InChI is InChI=1S/C13H19NO/c1-13(8-5-9-14-13)11-15-10-12-6-3-2-4-7-12/h2-4,6-7,14H,5,8-11H2,1H3/t13-/m0/s1. The van der Waals surface area contributed by atoms with Gasteiger partial charge in [0.25, 0.3) is 0 Å². The van der Waals surface area contributed by atoms with Gasteiger partial charge in [0.2, 0.25) is 0 Å². The van der Waals surface area contributed by atoms with Gasteiger partial charge in [-0.25, -0.2) is 0 Å². The van der Waals surface area contributed by atoms with Crippen LogP contribution in [0.4, 0.5) is 0 Å². The summed E-state index contributed by atoms with van der Waals surface area (Å²) >= 11 is 0. The topological polar surface area (TPSA) is 21.3 Å². The van der Waals surface area contributed by atoms with E-state index in [0.717, 1.165) is 19.8 Å². The number of hydrogen-bond acceptors (Lipinski definition) is 2. The molecule has 1 aromatic carbocycles. The minimum atomic E-state index is 0.203. The predicted octanol–water partition coefficient (Wildman–Crippen LogP) is 2.35. The first-order chi connectivity index (χ1) is 7.29. The molecule has 2 heteroatoms. The summed E-state index contributed by atoms with van der Waals surface area (Å²) in [6.45, 7) is 4.90. The molecule has 0 aromatic heterocycles. The van der Waals surface area contributed by atoms with E-state index < -0.39 is 0 Å². The third kappa shape index (κ3) is 3.05. The fraction of sp³-hybridized carbons (Fsp3) is 0.538. The Morgan fingerprint density at radius 3 is 2.80 bits per heavy atom. The Labute approximate surface area is 91.6 Å². The van der Waals surface area contributed by atoms with Crippen LogP contribution < -0.4 is 5.32 Å². The number of hydrogen-bond donors (Lipinski definition) is 1. The van der Waals surface area contributed by atoms with E-state index in [0.29, 0.717) is 0 Å². The smallest absolute Gasteiger partial charge is 0.0717 e. The maximum Gasteiger partial charge on any atom is 0.0717 e. The van der Waals surface area contributed by atoms with E-state index in [9.17, 15) is 0 Å². The largest absolute Gasteiger partial charge is 0.375 e. The van der Waals surface area contributed by atoms with Crippen molar-refractivity contribution in [2.75, 3.05) is 13.2 Å². The van der Waals surface area contributed by atoms with Crippen molar-refractivity contribution in [1.29, 1.82) is 0 Å². The molecular formula is C13H19NO. The monoisotopic (exact) mass is 205 g/mol. The molecule has 1 aliphatic rings. The third-order valence-corrected chi connectivity index (χ3v) is 2.99. The van der Waals surface area contributed by atoms with E-state index in [1.54, 1.807) is 0 Å². The molecule has 0 bridgehead atoms. The Morgan fingerprint density at radius 1 is 1.33 bits per heavy atom. The van der Waals surface area contributed by atoms with Crippen LogP contribution in [0.15, 0.2) is 30.3 Å². The zero-order valence-corrected chi connectivity index (χ0v) is 9.33. The van der Waals surface area contributed by atoms with E-state index in [1.165, 1.54) is 18.4 Å². The molecule has 1 aliphatic heterocycles.